The molecule has 1 aromatic heterocycles. The predicted molar refractivity (Wildman–Crippen MR) is 96.5 cm³/mol. The minimum absolute atomic E-state index is 0.435. The van der Waals surface area contributed by atoms with Crippen molar-refractivity contribution in [2.75, 3.05) is 13.2 Å². The predicted octanol–water partition coefficient (Wildman–Crippen LogP) is 4.13. The minimum Gasteiger partial charge on any atom is -0.492 e. The van der Waals surface area contributed by atoms with Crippen LogP contribution in [0.1, 0.15) is 25.0 Å². The van der Waals surface area contributed by atoms with E-state index >= 15 is 0 Å². The summed E-state index contributed by atoms with van der Waals surface area (Å²) < 4.78 is 19.0. The smallest absolute Gasteiger partial charge is 0.216 e. The summed E-state index contributed by atoms with van der Waals surface area (Å²) in [5.74, 6) is 0.327. The molecule has 4 nitrogen and oxygen atoms in total. The fourth-order valence-corrected chi connectivity index (χ4v) is 2.26. The molecule has 0 aliphatic carbocycles. The number of hydrogen-bond donors (Lipinski definition) is 2. The van der Waals surface area contributed by atoms with Crippen molar-refractivity contribution in [1.82, 2.24) is 10.2 Å². The van der Waals surface area contributed by atoms with Gasteiger partial charge in [0.2, 0.25) is 5.95 Å². The second-order valence-electron chi connectivity index (χ2n) is 4.91. The SMILES string of the molecule is C=C(c1ccc(OCCN)cc1)c1ccc2n[nH]c(F)c2c1.CC. The third-order valence-electron chi connectivity index (χ3n) is 3.45. The third kappa shape index (κ3) is 3.81. The van der Waals surface area contributed by atoms with Crippen LogP contribution in [0.2, 0.25) is 0 Å². The van der Waals surface area contributed by atoms with E-state index in [1.807, 2.05) is 44.2 Å². The Labute approximate surface area is 141 Å². The van der Waals surface area contributed by atoms with Crippen LogP contribution in [0.5, 0.6) is 5.75 Å². The summed E-state index contributed by atoms with van der Waals surface area (Å²) in [4.78, 5) is 0. The monoisotopic (exact) mass is 327 g/mol. The van der Waals surface area contributed by atoms with Crippen LogP contribution in [-0.2, 0) is 0 Å². The fourth-order valence-electron chi connectivity index (χ4n) is 2.26. The topological polar surface area (TPSA) is 63.9 Å². The molecule has 0 saturated heterocycles. The molecule has 0 unspecified atom stereocenters. The van der Waals surface area contributed by atoms with E-state index in [1.54, 1.807) is 12.1 Å². The summed E-state index contributed by atoms with van der Waals surface area (Å²) in [5, 5.41) is 6.67. The Kier molecular flexibility index (Phi) is 6.09. The lowest BCUT2D eigenvalue weighted by Crippen LogP contribution is -2.10. The number of nitrogens with zero attached hydrogens (tertiary/aromatic N) is 1. The van der Waals surface area contributed by atoms with Gasteiger partial charge in [0.05, 0.1) is 10.9 Å². The number of fused-ring (bicyclic) bond motifs is 1. The van der Waals surface area contributed by atoms with E-state index in [4.69, 9.17) is 10.5 Å². The van der Waals surface area contributed by atoms with Crippen molar-refractivity contribution in [2.24, 2.45) is 5.73 Å². The van der Waals surface area contributed by atoms with E-state index in [2.05, 4.69) is 16.8 Å². The van der Waals surface area contributed by atoms with Crippen LogP contribution in [0.25, 0.3) is 16.5 Å². The first-order valence-corrected chi connectivity index (χ1v) is 7.95. The van der Waals surface area contributed by atoms with Crippen molar-refractivity contribution < 1.29 is 9.13 Å². The maximum absolute atomic E-state index is 13.6. The summed E-state index contributed by atoms with van der Waals surface area (Å²) in [6, 6.07) is 13.0. The van der Waals surface area contributed by atoms with E-state index in [9.17, 15) is 4.39 Å². The van der Waals surface area contributed by atoms with Crippen LogP contribution in [0.4, 0.5) is 4.39 Å². The van der Waals surface area contributed by atoms with Gasteiger partial charge in [0.25, 0.3) is 0 Å². The molecule has 24 heavy (non-hydrogen) atoms. The number of benzene rings is 2. The second kappa shape index (κ2) is 8.26. The maximum Gasteiger partial charge on any atom is 0.216 e. The number of aromatic amines is 1. The first kappa shape index (κ1) is 17.7. The van der Waals surface area contributed by atoms with E-state index in [-0.39, 0.29) is 0 Å². The molecule has 0 amide bonds. The van der Waals surface area contributed by atoms with Crippen molar-refractivity contribution in [3.8, 4) is 5.75 Å². The highest BCUT2D eigenvalue weighted by molar-refractivity contribution is 5.87. The molecule has 3 rings (SSSR count). The zero-order valence-electron chi connectivity index (χ0n) is 14.0. The highest BCUT2D eigenvalue weighted by atomic mass is 19.1. The number of rotatable bonds is 5. The number of nitrogens with one attached hydrogen (secondary N) is 1. The normalized spacial score (nSPS) is 10.2. The van der Waals surface area contributed by atoms with E-state index < -0.39 is 5.95 Å². The molecule has 0 fully saturated rings. The molecular formula is C19H22FN3O. The Morgan fingerprint density at radius 2 is 1.83 bits per heavy atom. The molecule has 0 aliphatic heterocycles. The molecule has 3 N–H and O–H groups in total. The van der Waals surface area contributed by atoms with Crippen LogP contribution in [-0.4, -0.2) is 23.3 Å². The fraction of sp³-hybridized carbons (Fsp3) is 0.211. The second-order valence-corrected chi connectivity index (χ2v) is 4.91. The van der Waals surface area contributed by atoms with E-state index in [0.717, 1.165) is 22.4 Å². The van der Waals surface area contributed by atoms with E-state index in [0.29, 0.717) is 24.1 Å². The zero-order valence-corrected chi connectivity index (χ0v) is 14.0. The van der Waals surface area contributed by atoms with Gasteiger partial charge in [-0.1, -0.05) is 38.6 Å². The van der Waals surface area contributed by atoms with Gasteiger partial charge >= 0.3 is 0 Å². The maximum atomic E-state index is 13.6. The summed E-state index contributed by atoms with van der Waals surface area (Å²) in [6.07, 6.45) is 0. The Morgan fingerprint density at radius 1 is 1.17 bits per heavy atom. The molecule has 1 heterocycles. The standard InChI is InChI=1S/C17H16FN3O.C2H6/c1-11(12-2-5-14(6-3-12)22-9-8-19)13-4-7-16-15(10-13)17(18)21-20-16;1-2/h2-7,10H,1,8-9,19H2,(H,20,21);1-2H3. The average molecular weight is 327 g/mol. The Bertz CT molecular complexity index is 809. The molecule has 0 bridgehead atoms. The number of nitrogens with two attached hydrogens (primary N) is 1. The van der Waals surface area contributed by atoms with Crippen molar-refractivity contribution in [1.29, 1.82) is 0 Å². The molecule has 0 atom stereocenters. The number of H-pyrrole nitrogens is 1. The van der Waals surface area contributed by atoms with Crippen LogP contribution in [0, 0.1) is 5.95 Å². The van der Waals surface area contributed by atoms with Crippen LogP contribution in [0.3, 0.4) is 0 Å². The summed E-state index contributed by atoms with van der Waals surface area (Å²) in [6.45, 7) is 9.05. The minimum atomic E-state index is -0.435. The highest BCUT2D eigenvalue weighted by Gasteiger charge is 2.08. The molecule has 0 spiro atoms. The molecule has 0 saturated carbocycles. The van der Waals surface area contributed by atoms with Crippen LogP contribution >= 0.6 is 0 Å². The van der Waals surface area contributed by atoms with Gasteiger partial charge < -0.3 is 10.5 Å². The molecule has 0 aliphatic rings. The van der Waals surface area contributed by atoms with Gasteiger partial charge in [-0.05, 0) is 41.0 Å². The highest BCUT2D eigenvalue weighted by Crippen LogP contribution is 2.26. The average Bonchev–Trinajstić information content (AvgIpc) is 3.02. The van der Waals surface area contributed by atoms with Gasteiger partial charge in [-0.15, -0.1) is 0 Å². The van der Waals surface area contributed by atoms with E-state index in [1.165, 1.54) is 0 Å². The summed E-state index contributed by atoms with van der Waals surface area (Å²) in [7, 11) is 0. The molecule has 0 radical (unpaired) electrons. The lowest BCUT2D eigenvalue weighted by Gasteiger charge is -2.09. The molecular weight excluding hydrogens is 305 g/mol. The summed E-state index contributed by atoms with van der Waals surface area (Å²) in [5.41, 5.74) is 8.61. The van der Waals surface area contributed by atoms with Crippen molar-refractivity contribution in [2.45, 2.75) is 13.8 Å². The lowest BCUT2D eigenvalue weighted by molar-refractivity contribution is 0.328. The van der Waals surface area contributed by atoms with Gasteiger partial charge in [0.1, 0.15) is 12.4 Å². The summed E-state index contributed by atoms with van der Waals surface area (Å²) >= 11 is 0. The van der Waals surface area contributed by atoms with Gasteiger partial charge in [-0.2, -0.15) is 9.49 Å². The number of ether oxygens (including phenoxy) is 1. The van der Waals surface area contributed by atoms with Gasteiger partial charge in [0.15, 0.2) is 0 Å². The van der Waals surface area contributed by atoms with Crippen LogP contribution in [0.15, 0.2) is 49.0 Å². The van der Waals surface area contributed by atoms with Crippen molar-refractivity contribution >= 4 is 16.5 Å². The Balaban J connectivity index is 0.00000100. The molecule has 3 aromatic rings. The van der Waals surface area contributed by atoms with Crippen molar-refractivity contribution in [3.05, 3.63) is 66.1 Å². The number of halogens is 1. The molecule has 5 heteroatoms. The molecule has 2 aromatic carbocycles. The number of hydrogen-bond acceptors (Lipinski definition) is 3. The Morgan fingerprint density at radius 3 is 2.50 bits per heavy atom. The molecule has 126 valence electrons. The first-order chi connectivity index (χ1) is 11.7. The number of aromatic nitrogens is 2. The van der Waals surface area contributed by atoms with Crippen LogP contribution < -0.4 is 10.5 Å². The van der Waals surface area contributed by atoms with Gasteiger partial charge in [-0.3, -0.25) is 5.10 Å². The first-order valence-electron chi connectivity index (χ1n) is 7.95. The third-order valence-corrected chi connectivity index (χ3v) is 3.45. The van der Waals surface area contributed by atoms with Crippen molar-refractivity contribution in [3.63, 3.8) is 0 Å². The Hall–Kier alpha value is -2.66. The van der Waals surface area contributed by atoms with Gasteiger partial charge in [-0.25, -0.2) is 0 Å². The lowest BCUT2D eigenvalue weighted by atomic mass is 9.98. The van der Waals surface area contributed by atoms with Gasteiger partial charge in [0, 0.05) is 6.54 Å². The largest absolute Gasteiger partial charge is 0.492 e. The zero-order chi connectivity index (χ0) is 17.5. The quantitative estimate of drug-likeness (QED) is 0.740.